The Labute approximate surface area is 120 Å². The van der Waals surface area contributed by atoms with Gasteiger partial charge in [0.25, 0.3) is 0 Å². The molecular formula is C14H26F3N3. The second kappa shape index (κ2) is 8.48. The summed E-state index contributed by atoms with van der Waals surface area (Å²) in [5.41, 5.74) is -0.570. The molecule has 0 saturated carbocycles. The molecule has 1 N–H and O–H groups in total. The zero-order valence-corrected chi connectivity index (χ0v) is 12.8. The first-order chi connectivity index (χ1) is 9.14. The number of halogens is 3. The molecular weight excluding hydrogens is 267 g/mol. The Morgan fingerprint density at radius 3 is 2.20 bits per heavy atom. The first-order valence-electron chi connectivity index (χ1n) is 7.08. The lowest BCUT2D eigenvalue weighted by atomic mass is 9.91. The Hall–Kier alpha value is -0.800. The van der Waals surface area contributed by atoms with Crippen molar-refractivity contribution in [3.63, 3.8) is 0 Å². The molecule has 0 saturated heterocycles. The zero-order valence-electron chi connectivity index (χ0n) is 12.8. The number of nitriles is 1. The molecule has 6 heteroatoms. The number of rotatable bonds is 9. The van der Waals surface area contributed by atoms with E-state index in [9.17, 15) is 18.4 Å². The summed E-state index contributed by atoms with van der Waals surface area (Å²) in [5, 5.41) is 12.6. The van der Waals surface area contributed by atoms with Gasteiger partial charge in [-0.05, 0) is 46.7 Å². The summed E-state index contributed by atoms with van der Waals surface area (Å²) in [6, 6.07) is 2.52. The Morgan fingerprint density at radius 1 is 1.20 bits per heavy atom. The van der Waals surface area contributed by atoms with Crippen LogP contribution in [0, 0.1) is 11.3 Å². The quantitative estimate of drug-likeness (QED) is 0.709. The van der Waals surface area contributed by atoms with Gasteiger partial charge in [-0.1, -0.05) is 6.92 Å². The number of nitrogens with zero attached hydrogens (tertiary/aromatic N) is 2. The van der Waals surface area contributed by atoms with Crippen LogP contribution in [-0.2, 0) is 0 Å². The van der Waals surface area contributed by atoms with Crippen LogP contribution in [0.15, 0.2) is 0 Å². The fraction of sp³-hybridized carbons (Fsp3) is 0.929. The molecule has 1 atom stereocenters. The number of alkyl halides is 3. The molecule has 0 amide bonds. The highest BCUT2D eigenvalue weighted by Crippen LogP contribution is 2.20. The molecule has 0 aliphatic heterocycles. The Bertz CT molecular complexity index is 310. The van der Waals surface area contributed by atoms with Crippen molar-refractivity contribution in [3.8, 4) is 6.07 Å². The Kier molecular flexibility index (Phi) is 8.14. The molecule has 3 nitrogen and oxygen atoms in total. The van der Waals surface area contributed by atoms with Crippen LogP contribution < -0.4 is 5.32 Å². The number of hydrogen-bond acceptors (Lipinski definition) is 3. The van der Waals surface area contributed by atoms with Crippen molar-refractivity contribution in [2.45, 2.75) is 64.2 Å². The van der Waals surface area contributed by atoms with Crippen LogP contribution in [0.25, 0.3) is 0 Å². The largest absolute Gasteiger partial charge is 0.390 e. The molecule has 20 heavy (non-hydrogen) atoms. The highest BCUT2D eigenvalue weighted by molar-refractivity contribution is 5.06. The van der Waals surface area contributed by atoms with Crippen molar-refractivity contribution in [3.05, 3.63) is 0 Å². The predicted molar refractivity (Wildman–Crippen MR) is 74.3 cm³/mol. The molecule has 1 unspecified atom stereocenters. The lowest BCUT2D eigenvalue weighted by Crippen LogP contribution is -2.47. The maximum atomic E-state index is 12.1. The van der Waals surface area contributed by atoms with Crippen LogP contribution in [-0.4, -0.2) is 42.8 Å². The summed E-state index contributed by atoms with van der Waals surface area (Å²) in [6.45, 7) is 6.49. The van der Waals surface area contributed by atoms with Gasteiger partial charge in [0.05, 0.1) is 12.5 Å². The van der Waals surface area contributed by atoms with Crippen molar-refractivity contribution >= 4 is 0 Å². The van der Waals surface area contributed by atoms with Gasteiger partial charge in [0, 0.05) is 12.6 Å². The highest BCUT2D eigenvalue weighted by Gasteiger charge is 2.29. The van der Waals surface area contributed by atoms with E-state index >= 15 is 0 Å². The third kappa shape index (κ3) is 8.39. The Morgan fingerprint density at radius 2 is 1.80 bits per heavy atom. The topological polar surface area (TPSA) is 39.1 Å². The van der Waals surface area contributed by atoms with Gasteiger partial charge in [0.15, 0.2) is 0 Å². The maximum Gasteiger partial charge on any atom is 0.390 e. The number of nitrogens with one attached hydrogen (secondary N) is 1. The third-order valence-corrected chi connectivity index (χ3v) is 3.30. The van der Waals surface area contributed by atoms with E-state index in [1.807, 2.05) is 20.8 Å². The summed E-state index contributed by atoms with van der Waals surface area (Å²) < 4.78 is 36.3. The van der Waals surface area contributed by atoms with Gasteiger partial charge in [-0.3, -0.25) is 5.32 Å². The molecule has 0 aliphatic carbocycles. The van der Waals surface area contributed by atoms with Crippen molar-refractivity contribution in [1.82, 2.24) is 10.2 Å². The predicted octanol–water partition coefficient (Wildman–Crippen LogP) is 3.32. The van der Waals surface area contributed by atoms with Crippen LogP contribution >= 0.6 is 0 Å². The average Bonchev–Trinajstić information content (AvgIpc) is 2.33. The van der Waals surface area contributed by atoms with Crippen LogP contribution in [0.5, 0.6) is 0 Å². The van der Waals surface area contributed by atoms with Gasteiger partial charge in [-0.25, -0.2) is 0 Å². The van der Waals surface area contributed by atoms with E-state index in [2.05, 4.69) is 11.4 Å². The Balaban J connectivity index is 4.15. The van der Waals surface area contributed by atoms with Gasteiger partial charge in [-0.2, -0.15) is 18.4 Å². The molecule has 0 heterocycles. The van der Waals surface area contributed by atoms with Gasteiger partial charge < -0.3 is 4.90 Å². The summed E-state index contributed by atoms with van der Waals surface area (Å²) in [7, 11) is 1.68. The SMILES string of the molecule is CCC(C#N)(CCCN(C)CCC(F)(F)F)NC(C)C. The van der Waals surface area contributed by atoms with E-state index in [4.69, 9.17) is 0 Å². The number of hydrogen-bond donors (Lipinski definition) is 1. The zero-order chi connectivity index (χ0) is 15.8. The summed E-state index contributed by atoms with van der Waals surface area (Å²) >= 11 is 0. The van der Waals surface area contributed by atoms with Crippen LogP contribution in [0.1, 0.15) is 46.5 Å². The summed E-state index contributed by atoms with van der Waals surface area (Å²) in [6.07, 6.45) is -2.85. The van der Waals surface area contributed by atoms with E-state index in [0.29, 0.717) is 25.8 Å². The molecule has 0 aromatic carbocycles. The molecule has 0 spiro atoms. The minimum atomic E-state index is -4.10. The van der Waals surface area contributed by atoms with Crippen molar-refractivity contribution in [1.29, 1.82) is 5.26 Å². The fourth-order valence-corrected chi connectivity index (χ4v) is 2.15. The first-order valence-corrected chi connectivity index (χ1v) is 7.08. The molecule has 0 rings (SSSR count). The van der Waals surface area contributed by atoms with Crippen molar-refractivity contribution in [2.24, 2.45) is 0 Å². The minimum Gasteiger partial charge on any atom is -0.306 e. The van der Waals surface area contributed by atoms with E-state index < -0.39 is 18.1 Å². The average molecular weight is 293 g/mol. The third-order valence-electron chi connectivity index (χ3n) is 3.30. The van der Waals surface area contributed by atoms with Gasteiger partial charge >= 0.3 is 6.18 Å². The molecule has 0 aliphatic rings. The van der Waals surface area contributed by atoms with E-state index in [1.54, 1.807) is 11.9 Å². The standard InChI is InChI=1S/C14H26F3N3/c1-5-13(11-18,19-12(2)3)7-6-9-20(4)10-8-14(15,16)17/h12,19H,5-10H2,1-4H3. The second-order valence-corrected chi connectivity index (χ2v) is 5.62. The van der Waals surface area contributed by atoms with Gasteiger partial charge in [0.1, 0.15) is 5.54 Å². The molecule has 0 aromatic heterocycles. The molecule has 0 radical (unpaired) electrons. The van der Waals surface area contributed by atoms with Gasteiger partial charge in [-0.15, -0.1) is 0 Å². The maximum absolute atomic E-state index is 12.1. The first kappa shape index (κ1) is 19.2. The van der Waals surface area contributed by atoms with Crippen LogP contribution in [0.4, 0.5) is 13.2 Å². The molecule has 118 valence electrons. The van der Waals surface area contributed by atoms with Gasteiger partial charge in [0.2, 0.25) is 0 Å². The lowest BCUT2D eigenvalue weighted by molar-refractivity contribution is -0.137. The normalized spacial score (nSPS) is 15.4. The monoisotopic (exact) mass is 293 g/mol. The highest BCUT2D eigenvalue weighted by atomic mass is 19.4. The van der Waals surface area contributed by atoms with E-state index in [-0.39, 0.29) is 12.6 Å². The van der Waals surface area contributed by atoms with Crippen molar-refractivity contribution in [2.75, 3.05) is 20.1 Å². The smallest absolute Gasteiger partial charge is 0.306 e. The molecule has 0 fully saturated rings. The minimum absolute atomic E-state index is 0.00673. The fourth-order valence-electron chi connectivity index (χ4n) is 2.15. The van der Waals surface area contributed by atoms with E-state index in [1.165, 1.54) is 0 Å². The summed E-state index contributed by atoms with van der Waals surface area (Å²) in [5.74, 6) is 0. The van der Waals surface area contributed by atoms with Crippen LogP contribution in [0.2, 0.25) is 0 Å². The van der Waals surface area contributed by atoms with Crippen LogP contribution in [0.3, 0.4) is 0 Å². The molecule has 0 bridgehead atoms. The van der Waals surface area contributed by atoms with Crippen molar-refractivity contribution < 1.29 is 13.2 Å². The van der Waals surface area contributed by atoms with E-state index in [0.717, 1.165) is 0 Å². The second-order valence-electron chi connectivity index (χ2n) is 5.62. The lowest BCUT2D eigenvalue weighted by Gasteiger charge is -2.30. The molecule has 0 aromatic rings. The summed E-state index contributed by atoms with van der Waals surface area (Å²) in [4.78, 5) is 1.67.